The van der Waals surface area contributed by atoms with Crippen LogP contribution in [0.4, 0.5) is 0 Å². The van der Waals surface area contributed by atoms with Crippen LogP contribution >= 0.6 is 0 Å². The van der Waals surface area contributed by atoms with Gasteiger partial charge < -0.3 is 18.9 Å². The minimum absolute atomic E-state index is 0.0522. The second kappa shape index (κ2) is 6.85. The van der Waals surface area contributed by atoms with Crippen LogP contribution in [0.1, 0.15) is 12.5 Å². The van der Waals surface area contributed by atoms with Crippen molar-refractivity contribution < 1.29 is 18.9 Å². The lowest BCUT2D eigenvalue weighted by atomic mass is 10.2. The third kappa shape index (κ3) is 4.38. The van der Waals surface area contributed by atoms with Crippen LogP contribution in [0.3, 0.4) is 0 Å². The van der Waals surface area contributed by atoms with Crippen molar-refractivity contribution in [2.24, 2.45) is 0 Å². The van der Waals surface area contributed by atoms with Crippen molar-refractivity contribution >= 4 is 0 Å². The molecule has 0 saturated carbocycles. The van der Waals surface area contributed by atoms with Gasteiger partial charge >= 0.3 is 0 Å². The Balaban J connectivity index is 1.72. The van der Waals surface area contributed by atoms with Gasteiger partial charge in [-0.3, -0.25) is 0 Å². The normalized spacial score (nSPS) is 21.6. The zero-order chi connectivity index (χ0) is 12.8. The van der Waals surface area contributed by atoms with Crippen LogP contribution < -0.4 is 0 Å². The fourth-order valence-electron chi connectivity index (χ4n) is 1.67. The molecule has 18 heavy (non-hydrogen) atoms. The summed E-state index contributed by atoms with van der Waals surface area (Å²) in [6.07, 6.45) is -0.137. The highest BCUT2D eigenvalue weighted by Crippen LogP contribution is 2.19. The zero-order valence-corrected chi connectivity index (χ0v) is 10.9. The molecular weight excluding hydrogens is 232 g/mol. The molecule has 1 saturated heterocycles. The Kier molecular flexibility index (Phi) is 5.13. The Labute approximate surface area is 108 Å². The fraction of sp³-hybridized carbons (Fsp3) is 0.571. The van der Waals surface area contributed by atoms with E-state index in [0.717, 1.165) is 12.2 Å². The third-order valence-corrected chi connectivity index (χ3v) is 2.87. The van der Waals surface area contributed by atoms with Crippen LogP contribution in [0.25, 0.3) is 0 Å². The number of epoxide rings is 1. The highest BCUT2D eigenvalue weighted by Gasteiger charge is 2.34. The van der Waals surface area contributed by atoms with Crippen molar-refractivity contribution in [3.63, 3.8) is 0 Å². The quantitative estimate of drug-likeness (QED) is 0.524. The molecule has 3 unspecified atom stereocenters. The Morgan fingerprint density at radius 3 is 2.67 bits per heavy atom. The molecule has 1 aliphatic rings. The van der Waals surface area contributed by atoms with E-state index >= 15 is 0 Å². The predicted octanol–water partition coefficient (Wildman–Crippen LogP) is 1.98. The van der Waals surface area contributed by atoms with Gasteiger partial charge in [-0.2, -0.15) is 0 Å². The summed E-state index contributed by atoms with van der Waals surface area (Å²) in [6, 6.07) is 10.1. The first-order valence-corrected chi connectivity index (χ1v) is 6.21. The van der Waals surface area contributed by atoms with Crippen LogP contribution in [0.15, 0.2) is 30.3 Å². The van der Waals surface area contributed by atoms with E-state index in [9.17, 15) is 0 Å². The smallest absolute Gasteiger partial charge is 0.155 e. The highest BCUT2D eigenvalue weighted by molar-refractivity contribution is 5.13. The summed E-state index contributed by atoms with van der Waals surface area (Å²) in [6.45, 7) is 3.73. The largest absolute Gasteiger partial charge is 0.374 e. The van der Waals surface area contributed by atoms with Gasteiger partial charge in [0.25, 0.3) is 0 Å². The molecule has 1 aromatic carbocycles. The number of ether oxygens (including phenoxy) is 4. The van der Waals surface area contributed by atoms with Crippen molar-refractivity contribution in [3.8, 4) is 0 Å². The second-order valence-electron chi connectivity index (χ2n) is 4.35. The van der Waals surface area contributed by atoms with Crippen LogP contribution in [0.2, 0.25) is 0 Å². The molecule has 0 aliphatic carbocycles. The van der Waals surface area contributed by atoms with Crippen molar-refractivity contribution in [2.45, 2.75) is 32.0 Å². The third-order valence-electron chi connectivity index (χ3n) is 2.87. The van der Waals surface area contributed by atoms with Gasteiger partial charge in [0, 0.05) is 7.11 Å². The number of benzene rings is 1. The monoisotopic (exact) mass is 252 g/mol. The number of methoxy groups -OCH3 is 1. The Hall–Kier alpha value is -0.940. The summed E-state index contributed by atoms with van der Waals surface area (Å²) in [5.74, 6) is 0. The summed E-state index contributed by atoms with van der Waals surface area (Å²) in [5, 5.41) is 0. The van der Waals surface area contributed by atoms with Crippen LogP contribution in [-0.4, -0.2) is 38.8 Å². The van der Waals surface area contributed by atoms with Crippen LogP contribution in [0.5, 0.6) is 0 Å². The molecule has 0 spiro atoms. The SMILES string of the molecule is COC(C)OC(COCc1ccccc1)C1CO1. The van der Waals surface area contributed by atoms with E-state index in [1.807, 2.05) is 37.3 Å². The molecule has 1 fully saturated rings. The molecule has 4 nitrogen and oxygen atoms in total. The maximum Gasteiger partial charge on any atom is 0.155 e. The van der Waals surface area contributed by atoms with E-state index in [1.165, 1.54) is 0 Å². The highest BCUT2D eigenvalue weighted by atomic mass is 16.7. The summed E-state index contributed by atoms with van der Waals surface area (Å²) < 4.78 is 21.7. The van der Waals surface area contributed by atoms with E-state index in [0.29, 0.717) is 13.2 Å². The summed E-state index contributed by atoms with van der Waals surface area (Å²) in [5.41, 5.74) is 1.16. The lowest BCUT2D eigenvalue weighted by Gasteiger charge is -2.20. The number of hydrogen-bond acceptors (Lipinski definition) is 4. The first kappa shape index (κ1) is 13.5. The van der Waals surface area contributed by atoms with Crippen molar-refractivity contribution in [1.29, 1.82) is 0 Å². The molecule has 0 amide bonds. The van der Waals surface area contributed by atoms with Crippen LogP contribution in [0, 0.1) is 0 Å². The van der Waals surface area contributed by atoms with E-state index in [2.05, 4.69) is 0 Å². The first-order valence-electron chi connectivity index (χ1n) is 6.21. The standard InChI is InChI=1S/C14H20O4/c1-11(15-2)18-14(13-10-17-13)9-16-8-12-6-4-3-5-7-12/h3-7,11,13-14H,8-10H2,1-2H3. The van der Waals surface area contributed by atoms with Gasteiger partial charge in [-0.15, -0.1) is 0 Å². The predicted molar refractivity (Wildman–Crippen MR) is 67.2 cm³/mol. The molecule has 2 rings (SSSR count). The summed E-state index contributed by atoms with van der Waals surface area (Å²) in [4.78, 5) is 0. The molecule has 1 heterocycles. The molecule has 0 aromatic heterocycles. The lowest BCUT2D eigenvalue weighted by Crippen LogP contribution is -2.30. The maximum absolute atomic E-state index is 5.69. The maximum atomic E-state index is 5.69. The van der Waals surface area contributed by atoms with E-state index in [4.69, 9.17) is 18.9 Å². The van der Waals surface area contributed by atoms with E-state index in [-0.39, 0.29) is 18.5 Å². The van der Waals surface area contributed by atoms with Gasteiger partial charge in [0.15, 0.2) is 6.29 Å². The van der Waals surface area contributed by atoms with Gasteiger partial charge in [0.2, 0.25) is 0 Å². The molecule has 0 radical (unpaired) electrons. The van der Waals surface area contributed by atoms with Gasteiger partial charge in [0.05, 0.1) is 19.8 Å². The number of rotatable bonds is 8. The van der Waals surface area contributed by atoms with Gasteiger partial charge in [-0.25, -0.2) is 0 Å². The molecule has 1 aliphatic heterocycles. The van der Waals surface area contributed by atoms with Crippen molar-refractivity contribution in [2.75, 3.05) is 20.3 Å². The fourth-order valence-corrected chi connectivity index (χ4v) is 1.67. The average Bonchev–Trinajstić information content (AvgIpc) is 3.23. The Morgan fingerprint density at radius 2 is 2.06 bits per heavy atom. The molecule has 1 aromatic rings. The molecule has 3 atom stereocenters. The minimum atomic E-state index is -0.237. The minimum Gasteiger partial charge on any atom is -0.374 e. The summed E-state index contributed by atoms with van der Waals surface area (Å²) >= 11 is 0. The summed E-state index contributed by atoms with van der Waals surface area (Å²) in [7, 11) is 1.63. The lowest BCUT2D eigenvalue weighted by molar-refractivity contribution is -0.165. The Morgan fingerprint density at radius 1 is 1.33 bits per heavy atom. The number of hydrogen-bond donors (Lipinski definition) is 0. The average molecular weight is 252 g/mol. The molecule has 0 N–H and O–H groups in total. The molecule has 0 bridgehead atoms. The zero-order valence-electron chi connectivity index (χ0n) is 10.9. The van der Waals surface area contributed by atoms with Crippen molar-refractivity contribution in [3.05, 3.63) is 35.9 Å². The van der Waals surface area contributed by atoms with Crippen molar-refractivity contribution in [1.82, 2.24) is 0 Å². The molecular formula is C14H20O4. The molecule has 100 valence electrons. The topological polar surface area (TPSA) is 40.2 Å². The second-order valence-corrected chi connectivity index (χ2v) is 4.35. The van der Waals surface area contributed by atoms with Gasteiger partial charge in [-0.1, -0.05) is 30.3 Å². The van der Waals surface area contributed by atoms with E-state index < -0.39 is 0 Å². The Bertz CT molecular complexity index is 337. The van der Waals surface area contributed by atoms with Gasteiger partial charge in [-0.05, 0) is 12.5 Å². The first-order chi connectivity index (χ1) is 8.79. The van der Waals surface area contributed by atoms with Gasteiger partial charge in [0.1, 0.15) is 12.2 Å². The van der Waals surface area contributed by atoms with Crippen LogP contribution in [-0.2, 0) is 25.6 Å². The van der Waals surface area contributed by atoms with E-state index in [1.54, 1.807) is 7.11 Å². The molecule has 4 heteroatoms.